The van der Waals surface area contributed by atoms with Gasteiger partial charge in [0.25, 0.3) is 0 Å². The molecule has 0 aliphatic carbocycles. The molecule has 0 bridgehead atoms. The van der Waals surface area contributed by atoms with Crippen LogP contribution in [0.1, 0.15) is 0 Å². The van der Waals surface area contributed by atoms with Crippen molar-refractivity contribution in [2.45, 2.75) is 5.30 Å². The molecule has 0 saturated carbocycles. The maximum Gasteiger partial charge on any atom is 0.247 e. The van der Waals surface area contributed by atoms with Gasteiger partial charge in [-0.3, -0.25) is 4.79 Å². The normalized spacial score (nSPS) is 11.4. The van der Waals surface area contributed by atoms with E-state index >= 15 is 0 Å². The molecule has 40 heavy (non-hydrogen) atoms. The molecular formula is C28H36B3N7O2. The lowest BCUT2D eigenvalue weighted by molar-refractivity contribution is -0.111. The van der Waals surface area contributed by atoms with E-state index in [0.717, 1.165) is 40.9 Å². The van der Waals surface area contributed by atoms with Crippen molar-refractivity contribution in [3.05, 3.63) is 67.5 Å². The number of hydrogen-bond donors (Lipinski definition) is 2. The first-order chi connectivity index (χ1) is 18.9. The molecule has 0 spiro atoms. The Morgan fingerprint density at radius 2 is 1.88 bits per heavy atom. The highest BCUT2D eigenvalue weighted by atomic mass is 16.5. The van der Waals surface area contributed by atoms with Crippen LogP contribution in [0.25, 0.3) is 22.2 Å². The van der Waals surface area contributed by atoms with E-state index in [1.54, 1.807) is 6.20 Å². The van der Waals surface area contributed by atoms with Crippen molar-refractivity contribution in [2.75, 3.05) is 49.8 Å². The zero-order valence-corrected chi connectivity index (χ0v) is 24.4. The Kier molecular flexibility index (Phi) is 8.59. The molecular weight excluding hydrogens is 499 g/mol. The molecule has 2 aromatic heterocycles. The number of hydrogen-bond acceptors (Lipinski definition) is 7. The first kappa shape index (κ1) is 28.8. The number of amides is 1. The van der Waals surface area contributed by atoms with Gasteiger partial charge in [-0.1, -0.05) is 24.8 Å². The lowest BCUT2D eigenvalue weighted by Crippen LogP contribution is -2.38. The maximum atomic E-state index is 12.4. The van der Waals surface area contributed by atoms with E-state index in [-0.39, 0.29) is 5.91 Å². The van der Waals surface area contributed by atoms with Crippen LogP contribution in [0.15, 0.2) is 67.5 Å². The van der Waals surface area contributed by atoms with Crippen LogP contribution in [0, 0.1) is 0 Å². The summed E-state index contributed by atoms with van der Waals surface area (Å²) in [4.78, 5) is 25.9. The van der Waals surface area contributed by atoms with Gasteiger partial charge in [0.15, 0.2) is 0 Å². The van der Waals surface area contributed by atoms with E-state index in [2.05, 4.69) is 54.9 Å². The molecule has 0 radical (unpaired) electrons. The average Bonchev–Trinajstić information content (AvgIpc) is 3.24. The lowest BCUT2D eigenvalue weighted by atomic mass is 9.52. The third-order valence-electron chi connectivity index (χ3n) is 6.33. The monoisotopic (exact) mass is 535 g/mol. The number of carbonyl (C=O) groups excluding carboxylic acids is 1. The molecule has 4 rings (SSSR count). The number of benzene rings is 2. The van der Waals surface area contributed by atoms with Crippen molar-refractivity contribution >= 4 is 63.4 Å². The SMILES string of the molecule is BC(B)(B)Oc1cc(N(C)CCN(C)C)c(NC(=O)C=C)cc1Nc1nccc(-c2cn(C)c3ccccc23)n1. The second-order valence-electron chi connectivity index (χ2n) is 11.1. The molecule has 1 amide bonds. The highest BCUT2D eigenvalue weighted by Crippen LogP contribution is 2.39. The number of fused-ring (bicyclic) bond motifs is 1. The summed E-state index contributed by atoms with van der Waals surface area (Å²) in [5.41, 5.74) is 5.03. The van der Waals surface area contributed by atoms with Crippen LogP contribution in [-0.2, 0) is 11.8 Å². The van der Waals surface area contributed by atoms with Crippen LogP contribution in [0.5, 0.6) is 5.75 Å². The Hall–Kier alpha value is -4.18. The van der Waals surface area contributed by atoms with Gasteiger partial charge in [0.1, 0.15) is 29.3 Å². The lowest BCUT2D eigenvalue weighted by Gasteiger charge is -2.29. The number of anilines is 4. The van der Waals surface area contributed by atoms with Gasteiger partial charge in [-0.15, -0.1) is 0 Å². The number of rotatable bonds is 11. The van der Waals surface area contributed by atoms with E-state index in [0.29, 0.717) is 23.1 Å². The van der Waals surface area contributed by atoms with Gasteiger partial charge in [-0.2, -0.15) is 0 Å². The molecule has 0 unspecified atom stereocenters. The molecule has 0 aliphatic rings. The third-order valence-corrected chi connectivity index (χ3v) is 6.33. The summed E-state index contributed by atoms with van der Waals surface area (Å²) in [6.45, 7) is 5.21. The second-order valence-corrected chi connectivity index (χ2v) is 11.1. The predicted octanol–water partition coefficient (Wildman–Crippen LogP) is 1.39. The number of para-hydroxylation sites is 1. The van der Waals surface area contributed by atoms with Gasteiger partial charge in [0.05, 0.1) is 22.8 Å². The second kappa shape index (κ2) is 11.9. The maximum absolute atomic E-state index is 12.4. The fraction of sp³-hybridized carbons (Fsp3) is 0.250. The Balaban J connectivity index is 1.77. The van der Waals surface area contributed by atoms with Gasteiger partial charge in [-0.25, -0.2) is 9.97 Å². The molecule has 2 aromatic carbocycles. The number of ether oxygens (including phenoxy) is 1. The minimum absolute atomic E-state index is 0.299. The number of nitrogens with one attached hydrogen (secondary N) is 2. The van der Waals surface area contributed by atoms with Crippen molar-refractivity contribution in [3.63, 3.8) is 0 Å². The minimum atomic E-state index is -0.465. The van der Waals surface area contributed by atoms with Gasteiger partial charge >= 0.3 is 0 Å². The van der Waals surface area contributed by atoms with E-state index in [4.69, 9.17) is 9.72 Å². The van der Waals surface area contributed by atoms with Crippen LogP contribution in [-0.4, -0.2) is 88.4 Å². The molecule has 0 saturated heterocycles. The Bertz CT molecular complexity index is 1530. The quantitative estimate of drug-likeness (QED) is 0.222. The molecule has 9 nitrogen and oxygen atoms in total. The summed E-state index contributed by atoms with van der Waals surface area (Å²) in [5, 5.41) is 6.96. The summed E-state index contributed by atoms with van der Waals surface area (Å²) < 4.78 is 8.48. The van der Waals surface area contributed by atoms with Gasteiger partial charge in [0.2, 0.25) is 11.9 Å². The molecule has 2 heterocycles. The van der Waals surface area contributed by atoms with E-state index in [9.17, 15) is 4.79 Å². The first-order valence-electron chi connectivity index (χ1n) is 13.3. The number of likely N-dealkylation sites (N-methyl/N-ethyl adjacent to an activating group) is 2. The Morgan fingerprint density at radius 3 is 2.58 bits per heavy atom. The summed E-state index contributed by atoms with van der Waals surface area (Å²) in [6, 6.07) is 13.9. The van der Waals surface area contributed by atoms with Crippen LogP contribution >= 0.6 is 0 Å². The van der Waals surface area contributed by atoms with Crippen LogP contribution < -0.4 is 20.3 Å². The molecule has 4 aromatic rings. The predicted molar refractivity (Wildman–Crippen MR) is 173 cm³/mol. The van der Waals surface area contributed by atoms with Crippen LogP contribution in [0.3, 0.4) is 0 Å². The smallest absolute Gasteiger partial charge is 0.247 e. The van der Waals surface area contributed by atoms with Crippen molar-refractivity contribution in [1.29, 1.82) is 0 Å². The zero-order chi connectivity index (χ0) is 29.0. The average molecular weight is 535 g/mol. The Labute approximate surface area is 238 Å². The molecule has 12 heteroatoms. The molecule has 0 atom stereocenters. The van der Waals surface area contributed by atoms with E-state index in [1.165, 1.54) is 6.08 Å². The number of nitrogens with zero attached hydrogens (tertiary/aromatic N) is 5. The summed E-state index contributed by atoms with van der Waals surface area (Å²) >= 11 is 0. The van der Waals surface area contributed by atoms with E-state index in [1.807, 2.05) is 82.1 Å². The summed E-state index contributed by atoms with van der Waals surface area (Å²) in [6.07, 6.45) is 5.07. The fourth-order valence-electron chi connectivity index (χ4n) is 4.39. The third kappa shape index (κ3) is 6.87. The van der Waals surface area contributed by atoms with Crippen LogP contribution in [0.2, 0.25) is 0 Å². The fourth-order valence-corrected chi connectivity index (χ4v) is 4.39. The molecule has 2 N–H and O–H groups in total. The van der Waals surface area contributed by atoms with E-state index < -0.39 is 5.30 Å². The molecule has 0 fully saturated rings. The topological polar surface area (TPSA) is 87.5 Å². The summed E-state index contributed by atoms with van der Waals surface area (Å²) in [7, 11) is 14.1. The van der Waals surface area contributed by atoms with Crippen LogP contribution in [0.4, 0.5) is 23.0 Å². The highest BCUT2D eigenvalue weighted by molar-refractivity contribution is 6.58. The molecule has 0 aliphatic heterocycles. The number of carbonyl (C=O) groups is 1. The van der Waals surface area contributed by atoms with Crippen molar-refractivity contribution < 1.29 is 9.53 Å². The highest BCUT2D eigenvalue weighted by Gasteiger charge is 2.21. The zero-order valence-electron chi connectivity index (χ0n) is 24.4. The van der Waals surface area contributed by atoms with Gasteiger partial charge < -0.3 is 29.7 Å². The largest absolute Gasteiger partial charge is 0.511 e. The number of aryl methyl sites for hydroxylation is 1. The minimum Gasteiger partial charge on any atom is -0.511 e. The van der Waals surface area contributed by atoms with Crippen molar-refractivity contribution in [3.8, 4) is 17.0 Å². The standard InChI is InChI=1S/C28H36B3N7O2/c1-6-26(39)33-21-15-22(25(40-28(29,30)31)16-24(21)37(4)14-13-36(2)3)35-27-32-12-11-20(34-27)19-17-38(5)23-10-8-7-9-18(19)23/h6-12,15-17H,1,13-14,29-31H2,2-5H3,(H,33,39)(H,32,34,35). The van der Waals surface area contributed by atoms with Gasteiger partial charge in [-0.05, 0) is 38.4 Å². The van der Waals surface area contributed by atoms with Gasteiger partial charge in [0, 0.05) is 67.4 Å². The first-order valence-corrected chi connectivity index (χ1v) is 13.3. The number of aromatic nitrogens is 3. The molecule has 204 valence electrons. The van der Waals surface area contributed by atoms with Crippen molar-refractivity contribution in [2.24, 2.45) is 7.05 Å². The van der Waals surface area contributed by atoms with Crippen molar-refractivity contribution in [1.82, 2.24) is 19.4 Å². The summed E-state index contributed by atoms with van der Waals surface area (Å²) in [5.74, 6) is 0.737. The Morgan fingerprint density at radius 1 is 1.12 bits per heavy atom.